The van der Waals surface area contributed by atoms with Gasteiger partial charge in [0.25, 0.3) is 0 Å². The van der Waals surface area contributed by atoms with E-state index >= 15 is 0 Å². The molecule has 0 amide bonds. The monoisotopic (exact) mass is 443 g/mol. The van der Waals surface area contributed by atoms with Crippen LogP contribution in [0.15, 0.2) is 72.8 Å². The van der Waals surface area contributed by atoms with E-state index in [0.29, 0.717) is 6.61 Å². The maximum Gasteiger partial charge on any atom is 0.120 e. The smallest absolute Gasteiger partial charge is 0.120 e. The lowest BCUT2D eigenvalue weighted by atomic mass is 10.1. The summed E-state index contributed by atoms with van der Waals surface area (Å²) in [6, 6.07) is 25.5. The van der Waals surface area contributed by atoms with E-state index in [1.165, 1.54) is 33.3 Å². The highest BCUT2D eigenvalue weighted by molar-refractivity contribution is 7.99. The number of aromatic nitrogens is 1. The van der Waals surface area contributed by atoms with Crippen LogP contribution in [0, 0.1) is 18.8 Å². The van der Waals surface area contributed by atoms with Crippen LogP contribution in [0.1, 0.15) is 24.5 Å². The van der Waals surface area contributed by atoms with Crippen molar-refractivity contribution in [1.82, 2.24) is 4.57 Å². The topological polar surface area (TPSA) is 50.0 Å². The second-order valence-corrected chi connectivity index (χ2v) is 8.07. The molecule has 1 aromatic heterocycles. The Morgan fingerprint density at radius 2 is 1.72 bits per heavy atom. The molecule has 0 aliphatic carbocycles. The highest BCUT2D eigenvalue weighted by Crippen LogP contribution is 2.36. The summed E-state index contributed by atoms with van der Waals surface area (Å²) in [5.74, 6) is 0.911. The third kappa shape index (κ3) is 5.09. The van der Waals surface area contributed by atoms with Crippen LogP contribution in [-0.2, 0) is 13.2 Å². The van der Waals surface area contributed by atoms with Gasteiger partial charge in [0.1, 0.15) is 12.4 Å². The van der Waals surface area contributed by atoms with Crippen LogP contribution in [0.2, 0.25) is 0 Å². The summed E-state index contributed by atoms with van der Waals surface area (Å²) < 4.78 is 11.8. The molecule has 5 heteroatoms. The number of nitrogens with zero attached hydrogens (tertiary/aromatic N) is 2. The Bertz CT molecular complexity index is 1160. The second kappa shape index (κ2) is 11.3. The van der Waals surface area contributed by atoms with E-state index in [9.17, 15) is 0 Å². The number of nitriles is 1. The maximum absolute atomic E-state index is 6.50. The molecule has 0 aliphatic rings. The normalized spacial score (nSPS) is 10.4. The molecule has 0 atom stereocenters. The van der Waals surface area contributed by atoms with Gasteiger partial charge in [-0.25, -0.2) is 5.26 Å². The van der Waals surface area contributed by atoms with E-state index in [4.69, 9.17) is 10.00 Å². The largest absolute Gasteiger partial charge is 0.489 e. The van der Waals surface area contributed by atoms with Gasteiger partial charge in [0.15, 0.2) is 0 Å². The minimum atomic E-state index is 0.581. The van der Waals surface area contributed by atoms with E-state index in [-0.39, 0.29) is 0 Å². The average Bonchev–Trinajstić information content (AvgIpc) is 3.12. The van der Waals surface area contributed by atoms with Gasteiger partial charge in [-0.3, -0.25) is 0 Å². The van der Waals surface area contributed by atoms with Gasteiger partial charge in [0.05, 0.1) is 5.69 Å². The Kier molecular flexibility index (Phi) is 8.24. The molecule has 0 bridgehead atoms. The molecule has 4 rings (SSSR count). The van der Waals surface area contributed by atoms with Crippen molar-refractivity contribution in [3.63, 3.8) is 0 Å². The van der Waals surface area contributed by atoms with Gasteiger partial charge in [-0.2, -0.15) is 0 Å². The van der Waals surface area contributed by atoms with Gasteiger partial charge in [-0.15, -0.1) is 0 Å². The predicted molar refractivity (Wildman–Crippen MR) is 137 cm³/mol. The molecule has 0 radical (unpaired) electrons. The molecule has 1 N–H and O–H groups in total. The molecule has 0 fully saturated rings. The van der Waals surface area contributed by atoms with E-state index in [0.717, 1.165) is 24.4 Å². The molecule has 0 aliphatic heterocycles. The fourth-order valence-electron chi connectivity index (χ4n) is 3.97. The van der Waals surface area contributed by atoms with Crippen LogP contribution in [-0.4, -0.2) is 10.8 Å². The maximum atomic E-state index is 6.50. The van der Waals surface area contributed by atoms with Gasteiger partial charge in [0.2, 0.25) is 0 Å². The van der Waals surface area contributed by atoms with Gasteiger partial charge >= 0.3 is 0 Å². The zero-order chi connectivity index (χ0) is 22.9. The van der Waals surface area contributed by atoms with Crippen molar-refractivity contribution in [1.29, 1.82) is 5.26 Å². The average molecular weight is 444 g/mol. The summed E-state index contributed by atoms with van der Waals surface area (Å²) in [4.78, 5) is 0. The molecule has 1 heterocycles. The Balaban J connectivity index is 0.00000141. The van der Waals surface area contributed by atoms with Crippen LogP contribution in [0.25, 0.3) is 22.2 Å². The number of ether oxygens (including phenoxy) is 1. The zero-order valence-electron chi connectivity index (χ0n) is 18.8. The molecule has 3 aromatic carbocycles. The van der Waals surface area contributed by atoms with Crippen molar-refractivity contribution < 1.29 is 4.74 Å². The Labute approximate surface area is 195 Å². The number of hydrogen-bond donors (Lipinski definition) is 1. The second-order valence-electron chi connectivity index (χ2n) is 7.46. The van der Waals surface area contributed by atoms with E-state index in [1.807, 2.05) is 24.5 Å². The van der Waals surface area contributed by atoms with E-state index < -0.39 is 0 Å². The number of hydrogen-bond acceptors (Lipinski definition) is 4. The standard InChI is InChI=1S/C26H28N2OS.CHN/c1-4-16-28-25-15-14-23(29-18-20-8-6-5-7-9-20)17-24(25)19(2)26(28)21-10-12-22(13-11-21)27-30-3;1-2/h5-15,17,27H,4,16,18H2,1-3H3;1H. The fourth-order valence-corrected chi connectivity index (χ4v) is 4.35. The minimum absolute atomic E-state index is 0.581. The summed E-state index contributed by atoms with van der Waals surface area (Å²) in [6.07, 6.45) is 3.13. The third-order valence-electron chi connectivity index (χ3n) is 5.36. The predicted octanol–water partition coefficient (Wildman–Crippen LogP) is 7.44. The van der Waals surface area contributed by atoms with Crippen LogP contribution < -0.4 is 9.46 Å². The van der Waals surface area contributed by atoms with Gasteiger partial charge in [-0.1, -0.05) is 61.3 Å². The van der Waals surface area contributed by atoms with Crippen molar-refractivity contribution in [2.45, 2.75) is 33.4 Å². The molecular formula is C27H29N3OS. The molecule has 4 nitrogen and oxygen atoms in total. The summed E-state index contributed by atoms with van der Waals surface area (Å²) in [6.45, 7) is 9.53. The number of nitrogens with one attached hydrogen (secondary N) is 1. The van der Waals surface area contributed by atoms with Gasteiger partial charge in [-0.05, 0) is 60.4 Å². The lowest BCUT2D eigenvalue weighted by molar-refractivity contribution is 0.306. The summed E-state index contributed by atoms with van der Waals surface area (Å²) in [5, 5.41) is 7.76. The summed E-state index contributed by atoms with van der Waals surface area (Å²) >= 11 is 1.61. The van der Waals surface area contributed by atoms with Crippen molar-refractivity contribution in [3.05, 3.63) is 83.9 Å². The first-order valence-corrected chi connectivity index (χ1v) is 11.9. The van der Waals surface area contributed by atoms with Gasteiger partial charge in [0, 0.05) is 36.0 Å². The van der Waals surface area contributed by atoms with Crippen LogP contribution in [0.4, 0.5) is 5.69 Å². The highest BCUT2D eigenvalue weighted by Gasteiger charge is 2.16. The van der Waals surface area contributed by atoms with Gasteiger partial charge < -0.3 is 14.0 Å². The molecular weight excluding hydrogens is 414 g/mol. The number of aryl methyl sites for hydroxylation is 2. The van der Waals surface area contributed by atoms with Crippen molar-refractivity contribution >= 4 is 28.5 Å². The van der Waals surface area contributed by atoms with Crippen molar-refractivity contribution in [2.75, 3.05) is 11.0 Å². The first-order valence-electron chi connectivity index (χ1n) is 10.7. The van der Waals surface area contributed by atoms with Crippen molar-refractivity contribution in [3.8, 4) is 23.6 Å². The molecule has 164 valence electrons. The minimum Gasteiger partial charge on any atom is -0.489 e. The summed E-state index contributed by atoms with van der Waals surface area (Å²) in [5.41, 5.74) is 7.41. The fraction of sp³-hybridized carbons (Fsp3) is 0.222. The van der Waals surface area contributed by atoms with Crippen LogP contribution >= 0.6 is 11.9 Å². The lowest BCUT2D eigenvalue weighted by Gasteiger charge is -2.12. The highest BCUT2D eigenvalue weighted by atomic mass is 32.2. The first kappa shape index (κ1) is 23.3. The number of fused-ring (bicyclic) bond motifs is 1. The third-order valence-corrected chi connectivity index (χ3v) is 5.80. The molecule has 0 saturated heterocycles. The number of rotatable bonds is 8. The zero-order valence-corrected chi connectivity index (χ0v) is 19.7. The molecule has 0 spiro atoms. The quantitative estimate of drug-likeness (QED) is 0.288. The number of anilines is 1. The Morgan fingerprint density at radius 3 is 2.38 bits per heavy atom. The molecule has 32 heavy (non-hydrogen) atoms. The molecule has 0 unspecified atom stereocenters. The summed E-state index contributed by atoms with van der Waals surface area (Å²) in [7, 11) is 0. The Morgan fingerprint density at radius 1 is 1.00 bits per heavy atom. The van der Waals surface area contributed by atoms with E-state index in [1.54, 1.807) is 11.9 Å². The Hall–Kier alpha value is -3.36. The lowest BCUT2D eigenvalue weighted by Crippen LogP contribution is -2.00. The van der Waals surface area contributed by atoms with Crippen LogP contribution in [0.5, 0.6) is 5.75 Å². The van der Waals surface area contributed by atoms with Crippen molar-refractivity contribution in [2.24, 2.45) is 0 Å². The number of benzene rings is 3. The SMILES string of the molecule is C#N.CCCn1c(-c2ccc(NSC)cc2)c(C)c2cc(OCc3ccccc3)ccc21. The molecule has 0 saturated carbocycles. The molecule has 4 aromatic rings. The first-order chi connectivity index (χ1) is 15.7. The van der Waals surface area contributed by atoms with Crippen LogP contribution in [0.3, 0.4) is 0 Å². The van der Waals surface area contributed by atoms with E-state index in [2.05, 4.69) is 84.3 Å².